The molecular weight excluding hydrogens is 377 g/mol. The van der Waals surface area contributed by atoms with E-state index in [1.54, 1.807) is 4.90 Å². The summed E-state index contributed by atoms with van der Waals surface area (Å²) in [5.74, 6) is -2.34. The molecule has 1 aliphatic carbocycles. The Labute approximate surface area is 174 Å². The summed E-state index contributed by atoms with van der Waals surface area (Å²) in [5.41, 5.74) is -2.03. The van der Waals surface area contributed by atoms with Crippen molar-refractivity contribution in [3.63, 3.8) is 0 Å². The van der Waals surface area contributed by atoms with Crippen molar-refractivity contribution in [2.24, 2.45) is 5.92 Å². The number of carboxylic acid groups (broad SMARTS) is 1. The highest BCUT2D eigenvalue weighted by Crippen LogP contribution is 2.45. The number of hydrogen-bond donors (Lipinski definition) is 2. The Morgan fingerprint density at radius 2 is 2.24 bits per heavy atom. The van der Waals surface area contributed by atoms with E-state index in [4.69, 9.17) is 11.6 Å². The Hall–Kier alpha value is -2.61. The Bertz CT molecular complexity index is 1260. The lowest BCUT2D eigenvalue weighted by atomic mass is 9.94. The summed E-state index contributed by atoms with van der Waals surface area (Å²) in [6.07, 6.45) is -2.68. The molecule has 1 aromatic carbocycles. The molecular formula is C21H24FN3O4. The number of halogens is 1. The van der Waals surface area contributed by atoms with Crippen LogP contribution in [0.1, 0.15) is 48.8 Å². The van der Waals surface area contributed by atoms with Crippen molar-refractivity contribution in [3.8, 4) is 5.75 Å². The monoisotopic (exact) mass is 406 g/mol. The van der Waals surface area contributed by atoms with Crippen LogP contribution in [0, 0.1) is 11.7 Å². The number of carboxylic acids is 1. The summed E-state index contributed by atoms with van der Waals surface area (Å²) in [4.78, 5) is 26.5. The number of aromatic carboxylic acids is 1. The molecule has 2 N–H and O–H groups in total. The van der Waals surface area contributed by atoms with Crippen LogP contribution in [-0.2, 0) is 0 Å². The maximum Gasteiger partial charge on any atom is 0.341 e. The summed E-state index contributed by atoms with van der Waals surface area (Å²) >= 11 is 0. The van der Waals surface area contributed by atoms with Gasteiger partial charge in [-0.15, -0.1) is 0 Å². The second-order valence-electron chi connectivity index (χ2n) is 7.65. The lowest BCUT2D eigenvalue weighted by Gasteiger charge is -2.25. The molecule has 1 saturated carbocycles. The van der Waals surface area contributed by atoms with E-state index in [0.29, 0.717) is 13.1 Å². The predicted molar refractivity (Wildman–Crippen MR) is 107 cm³/mol. The van der Waals surface area contributed by atoms with Crippen LogP contribution in [0.15, 0.2) is 17.1 Å². The van der Waals surface area contributed by atoms with Gasteiger partial charge in [0.2, 0.25) is 5.43 Å². The van der Waals surface area contributed by atoms with Crippen LogP contribution in [0.2, 0.25) is 0 Å². The lowest BCUT2D eigenvalue weighted by molar-refractivity contribution is 0.0695. The van der Waals surface area contributed by atoms with Gasteiger partial charge in [0.1, 0.15) is 11.3 Å². The summed E-state index contributed by atoms with van der Waals surface area (Å²) in [6, 6.07) is -1.58. The molecule has 3 heterocycles. The van der Waals surface area contributed by atoms with Crippen molar-refractivity contribution < 1.29 is 25.9 Å². The number of methoxy groups -OCH3 is 1. The maximum atomic E-state index is 15.5. The number of anilines is 1. The summed E-state index contributed by atoms with van der Waals surface area (Å²) in [5, 5.41) is 12.5. The smallest absolute Gasteiger partial charge is 0.341 e. The minimum Gasteiger partial charge on any atom is -0.492 e. The van der Waals surface area contributed by atoms with E-state index in [0.717, 1.165) is 36.2 Å². The van der Waals surface area contributed by atoms with Crippen molar-refractivity contribution in [1.82, 2.24) is 9.88 Å². The molecule has 8 heteroatoms. The third kappa shape index (κ3) is 2.88. The number of rotatable bonds is 4. The first-order chi connectivity index (χ1) is 15.9. The molecule has 2 aliphatic heterocycles. The highest BCUT2D eigenvalue weighted by molar-refractivity contribution is 5.97. The molecule has 7 nitrogen and oxygen atoms in total. The van der Waals surface area contributed by atoms with Crippen molar-refractivity contribution in [2.45, 2.75) is 37.6 Å². The maximum absolute atomic E-state index is 15.5. The molecule has 2 atom stereocenters. The number of nitrogens with zero attached hydrogens (tertiary/aromatic N) is 2. The van der Waals surface area contributed by atoms with E-state index in [1.807, 2.05) is 0 Å². The van der Waals surface area contributed by atoms with E-state index in [9.17, 15) is 14.7 Å². The Kier molecular flexibility index (Phi) is 3.15. The second-order valence-corrected chi connectivity index (χ2v) is 7.65. The van der Waals surface area contributed by atoms with Crippen molar-refractivity contribution in [2.75, 3.05) is 31.6 Å². The van der Waals surface area contributed by atoms with Crippen molar-refractivity contribution >= 4 is 22.6 Å². The first-order valence-electron chi connectivity index (χ1n) is 12.1. The van der Waals surface area contributed by atoms with Gasteiger partial charge >= 0.3 is 5.97 Å². The van der Waals surface area contributed by atoms with E-state index < -0.39 is 46.9 Å². The van der Waals surface area contributed by atoms with Crippen LogP contribution >= 0.6 is 0 Å². The topological polar surface area (TPSA) is 83.8 Å². The number of benzene rings is 1. The highest BCUT2D eigenvalue weighted by atomic mass is 19.1. The molecule has 1 aromatic heterocycles. The van der Waals surface area contributed by atoms with Gasteiger partial charge in [0.15, 0.2) is 11.6 Å². The molecule has 3 aliphatic rings. The van der Waals surface area contributed by atoms with Gasteiger partial charge in [0, 0.05) is 36.8 Å². The molecule has 2 saturated heterocycles. The minimum absolute atomic E-state index is 0.0211. The number of nitrogens with one attached hydrogen (secondary N) is 1. The molecule has 5 rings (SSSR count). The molecule has 29 heavy (non-hydrogen) atoms. The van der Waals surface area contributed by atoms with Crippen LogP contribution in [0.5, 0.6) is 5.75 Å². The molecule has 0 bridgehead atoms. The number of pyridine rings is 1. The van der Waals surface area contributed by atoms with Crippen LogP contribution in [0.3, 0.4) is 0 Å². The average molecular weight is 406 g/mol. The number of carbonyl (C=O) groups is 1. The third-order valence-electron chi connectivity index (χ3n) is 6.00. The SMILES string of the molecule is [2H]C1([2H])C([2H])([2H])C1([2H])n1cc(C(=O)O)c(=O)c2cc(F)c(N3CC4CCCNC4C3)c(OC)c21. The first-order valence-corrected chi connectivity index (χ1v) is 9.56. The van der Waals surface area contributed by atoms with E-state index in [1.165, 1.54) is 7.11 Å². The number of fused-ring (bicyclic) bond motifs is 2. The Morgan fingerprint density at radius 3 is 2.90 bits per heavy atom. The second kappa shape index (κ2) is 6.73. The van der Waals surface area contributed by atoms with Gasteiger partial charge in [-0.2, -0.15) is 0 Å². The minimum atomic E-state index is -2.70. The zero-order valence-electron chi connectivity index (χ0n) is 20.8. The van der Waals surface area contributed by atoms with Gasteiger partial charge in [0.25, 0.3) is 0 Å². The Balaban J connectivity index is 1.82. The van der Waals surface area contributed by atoms with Gasteiger partial charge in [-0.3, -0.25) is 4.79 Å². The fourth-order valence-corrected chi connectivity index (χ4v) is 4.61. The zero-order valence-corrected chi connectivity index (χ0v) is 15.8. The zero-order chi connectivity index (χ0) is 24.8. The largest absolute Gasteiger partial charge is 0.492 e. The summed E-state index contributed by atoms with van der Waals surface area (Å²) in [6.45, 7) is 1.84. The number of ether oxygens (including phenoxy) is 1. The lowest BCUT2D eigenvalue weighted by Crippen LogP contribution is -2.40. The fourth-order valence-electron chi connectivity index (χ4n) is 4.61. The van der Waals surface area contributed by atoms with E-state index in [-0.39, 0.29) is 28.9 Å². The van der Waals surface area contributed by atoms with Crippen LogP contribution in [0.25, 0.3) is 10.9 Å². The van der Waals surface area contributed by atoms with Crippen molar-refractivity contribution in [1.29, 1.82) is 0 Å². The molecule has 0 spiro atoms. The van der Waals surface area contributed by atoms with Crippen molar-refractivity contribution in [3.05, 3.63) is 33.9 Å². The van der Waals surface area contributed by atoms with Gasteiger partial charge in [0.05, 0.1) is 19.4 Å². The van der Waals surface area contributed by atoms with Crippen LogP contribution < -0.4 is 20.4 Å². The van der Waals surface area contributed by atoms with E-state index >= 15 is 4.39 Å². The predicted octanol–water partition coefficient (Wildman–Crippen LogP) is 2.37. The van der Waals surface area contributed by atoms with Gasteiger partial charge in [-0.1, -0.05) is 0 Å². The molecule has 0 radical (unpaired) electrons. The standard InChI is InChI=1S/C21H24FN3O4/c1-29-20-17-13(19(26)14(21(27)28)9-25(17)12-4-5-12)7-15(22)18(20)24-8-11-3-2-6-23-16(11)10-24/h7,9,11-12,16,23H,2-6,8,10H2,1H3,(H,27,28)/i4D2,5D2,12D. The van der Waals surface area contributed by atoms with Gasteiger partial charge in [-0.05, 0) is 44.1 Å². The normalized spacial score (nSPS) is 31.1. The molecule has 0 amide bonds. The third-order valence-corrected chi connectivity index (χ3v) is 6.00. The average Bonchev–Trinajstić information content (AvgIpc) is 3.08. The number of hydrogen-bond acceptors (Lipinski definition) is 5. The highest BCUT2D eigenvalue weighted by Gasteiger charge is 2.38. The molecule has 2 unspecified atom stereocenters. The summed E-state index contributed by atoms with van der Waals surface area (Å²) < 4.78 is 62.8. The first kappa shape index (κ1) is 13.6. The van der Waals surface area contributed by atoms with E-state index in [2.05, 4.69) is 5.32 Å². The van der Waals surface area contributed by atoms with Crippen LogP contribution in [0.4, 0.5) is 10.1 Å². The van der Waals surface area contributed by atoms with Crippen LogP contribution in [-0.4, -0.2) is 48.4 Å². The van der Waals surface area contributed by atoms with Gasteiger partial charge < -0.3 is 24.6 Å². The van der Waals surface area contributed by atoms with Gasteiger partial charge in [-0.25, -0.2) is 9.18 Å². The Morgan fingerprint density at radius 1 is 1.45 bits per heavy atom. The number of piperidine rings is 1. The molecule has 3 fully saturated rings. The quantitative estimate of drug-likeness (QED) is 0.811. The fraction of sp³-hybridized carbons (Fsp3) is 0.524. The molecule has 154 valence electrons. The molecule has 2 aromatic rings. The number of aromatic nitrogens is 1. The summed E-state index contributed by atoms with van der Waals surface area (Å²) in [7, 11) is 1.24.